The van der Waals surface area contributed by atoms with Gasteiger partial charge in [0.25, 0.3) is 0 Å². The quantitative estimate of drug-likeness (QED) is 0.716. The van der Waals surface area contributed by atoms with Crippen LogP contribution in [0.2, 0.25) is 0 Å². The Hall–Kier alpha value is -2.73. The Morgan fingerprint density at radius 2 is 1.96 bits per heavy atom. The van der Waals surface area contributed by atoms with E-state index in [-0.39, 0.29) is 12.5 Å². The number of aromatic nitrogens is 3. The van der Waals surface area contributed by atoms with Crippen LogP contribution in [0, 0.1) is 0 Å². The van der Waals surface area contributed by atoms with E-state index in [0.29, 0.717) is 6.61 Å². The van der Waals surface area contributed by atoms with E-state index in [4.69, 9.17) is 9.84 Å². The Balaban J connectivity index is 1.79. The van der Waals surface area contributed by atoms with Crippen molar-refractivity contribution in [1.29, 1.82) is 0 Å². The second-order valence-electron chi connectivity index (χ2n) is 6.22. The Kier molecular flexibility index (Phi) is 5.09. The summed E-state index contributed by atoms with van der Waals surface area (Å²) in [5, 5.41) is 14.2. The van der Waals surface area contributed by atoms with Crippen LogP contribution < -0.4 is 0 Å². The van der Waals surface area contributed by atoms with Crippen LogP contribution in [0.5, 0.6) is 0 Å². The van der Waals surface area contributed by atoms with Crippen molar-refractivity contribution in [2.45, 2.75) is 32.8 Å². The van der Waals surface area contributed by atoms with Gasteiger partial charge in [-0.1, -0.05) is 12.1 Å². The number of carboxylic acids is 1. The molecule has 1 N–H and O–H groups in total. The van der Waals surface area contributed by atoms with E-state index in [1.165, 1.54) is 0 Å². The molecule has 0 atom stereocenters. The molecule has 1 aromatic carbocycles. The first kappa shape index (κ1) is 17.1. The van der Waals surface area contributed by atoms with E-state index in [1.807, 2.05) is 32.2 Å². The largest absolute Gasteiger partial charge is 0.481 e. The van der Waals surface area contributed by atoms with E-state index in [0.717, 1.165) is 34.3 Å². The van der Waals surface area contributed by atoms with E-state index in [9.17, 15) is 4.79 Å². The Bertz CT molecular complexity index is 869. The number of carbonyl (C=O) groups is 1. The number of ether oxygens (including phenoxy) is 1. The zero-order valence-corrected chi connectivity index (χ0v) is 14.3. The van der Waals surface area contributed by atoms with Crippen molar-refractivity contribution >= 4 is 17.0 Å². The molecule has 0 unspecified atom stereocenters. The molecule has 0 saturated heterocycles. The Morgan fingerprint density at radius 3 is 2.64 bits per heavy atom. The number of nitrogens with zero attached hydrogens (tertiary/aromatic N) is 3. The second-order valence-corrected chi connectivity index (χ2v) is 6.22. The maximum atomic E-state index is 10.8. The van der Waals surface area contributed by atoms with Crippen LogP contribution in [0.1, 0.15) is 25.0 Å². The van der Waals surface area contributed by atoms with Crippen molar-refractivity contribution in [3.63, 3.8) is 0 Å². The number of benzene rings is 1. The lowest BCUT2D eigenvalue weighted by atomic mass is 10.1. The fraction of sp³-hybridized carbons (Fsp3) is 0.316. The third kappa shape index (κ3) is 4.22. The summed E-state index contributed by atoms with van der Waals surface area (Å²) in [5.74, 6) is -0.840. The maximum Gasteiger partial charge on any atom is 0.307 e. The molecule has 3 rings (SSSR count). The number of hydrogen-bond acceptors (Lipinski definition) is 4. The molecule has 0 radical (unpaired) electrons. The highest BCUT2D eigenvalue weighted by Crippen LogP contribution is 2.18. The van der Waals surface area contributed by atoms with Crippen molar-refractivity contribution in [1.82, 2.24) is 14.8 Å². The van der Waals surface area contributed by atoms with Crippen molar-refractivity contribution < 1.29 is 14.6 Å². The molecule has 0 aliphatic heterocycles. The van der Waals surface area contributed by atoms with Gasteiger partial charge in [-0.3, -0.25) is 4.79 Å². The van der Waals surface area contributed by atoms with Crippen LogP contribution in [0.3, 0.4) is 0 Å². The lowest BCUT2D eigenvalue weighted by molar-refractivity contribution is -0.136. The predicted octanol–water partition coefficient (Wildman–Crippen LogP) is 3.02. The van der Waals surface area contributed by atoms with Gasteiger partial charge in [0.1, 0.15) is 0 Å². The molecule has 2 heterocycles. The van der Waals surface area contributed by atoms with Crippen LogP contribution in [-0.4, -0.2) is 38.6 Å². The van der Waals surface area contributed by atoms with Crippen LogP contribution in [0.15, 0.2) is 42.7 Å². The van der Waals surface area contributed by atoms with E-state index < -0.39 is 5.97 Å². The standard InChI is InChI=1S/C19H21N3O3/c1-13(2)25-8-7-15-9-16-12-21-22(19(16)20-11-15)17-5-3-14(4-6-17)10-18(23)24/h3-6,9,11-13H,7-8,10H2,1-2H3,(H,23,24). The number of aliphatic carboxylic acids is 1. The maximum absolute atomic E-state index is 10.8. The third-order valence-electron chi connectivity index (χ3n) is 3.84. The van der Waals surface area contributed by atoms with Crippen LogP contribution in [-0.2, 0) is 22.4 Å². The Labute approximate surface area is 146 Å². The van der Waals surface area contributed by atoms with Crippen molar-refractivity contribution in [2.75, 3.05) is 6.61 Å². The van der Waals surface area contributed by atoms with Gasteiger partial charge in [-0.2, -0.15) is 5.10 Å². The average molecular weight is 339 g/mol. The summed E-state index contributed by atoms with van der Waals surface area (Å²) >= 11 is 0. The lowest BCUT2D eigenvalue weighted by Gasteiger charge is -2.07. The first-order valence-electron chi connectivity index (χ1n) is 8.28. The Morgan fingerprint density at radius 1 is 1.20 bits per heavy atom. The summed E-state index contributed by atoms with van der Waals surface area (Å²) in [7, 11) is 0. The highest BCUT2D eigenvalue weighted by atomic mass is 16.5. The summed E-state index contributed by atoms with van der Waals surface area (Å²) in [5.41, 5.74) is 3.50. The van der Waals surface area contributed by atoms with Gasteiger partial charge >= 0.3 is 5.97 Å². The van der Waals surface area contributed by atoms with Crippen LogP contribution in [0.25, 0.3) is 16.7 Å². The number of fused-ring (bicyclic) bond motifs is 1. The number of pyridine rings is 1. The van der Waals surface area contributed by atoms with Gasteiger partial charge in [0, 0.05) is 11.6 Å². The molecular weight excluding hydrogens is 318 g/mol. The van der Waals surface area contributed by atoms with Gasteiger partial charge in [-0.05, 0) is 49.6 Å². The summed E-state index contributed by atoms with van der Waals surface area (Å²) < 4.78 is 7.34. The molecule has 0 saturated carbocycles. The molecule has 3 aromatic rings. The molecule has 6 nitrogen and oxygen atoms in total. The molecule has 2 aromatic heterocycles. The van der Waals surface area contributed by atoms with Crippen LogP contribution >= 0.6 is 0 Å². The number of hydrogen-bond donors (Lipinski definition) is 1. The summed E-state index contributed by atoms with van der Waals surface area (Å²) in [6.07, 6.45) is 4.70. The first-order valence-corrected chi connectivity index (χ1v) is 8.28. The molecule has 6 heteroatoms. The molecule has 25 heavy (non-hydrogen) atoms. The smallest absolute Gasteiger partial charge is 0.307 e. The minimum absolute atomic E-state index is 0.0141. The fourth-order valence-corrected chi connectivity index (χ4v) is 2.63. The fourth-order valence-electron chi connectivity index (χ4n) is 2.63. The number of carboxylic acid groups (broad SMARTS) is 1. The summed E-state index contributed by atoms with van der Waals surface area (Å²) in [6, 6.07) is 9.39. The molecule has 0 bridgehead atoms. The lowest BCUT2D eigenvalue weighted by Crippen LogP contribution is -2.06. The van der Waals surface area contributed by atoms with Crippen LogP contribution in [0.4, 0.5) is 0 Å². The zero-order valence-electron chi connectivity index (χ0n) is 14.3. The molecular formula is C19H21N3O3. The van der Waals surface area contributed by atoms with Crippen molar-refractivity contribution in [3.05, 3.63) is 53.9 Å². The first-order chi connectivity index (χ1) is 12.0. The minimum atomic E-state index is -0.840. The molecule has 0 spiro atoms. The number of rotatable bonds is 7. The molecule has 0 amide bonds. The van der Waals surface area contributed by atoms with Gasteiger partial charge in [0.05, 0.1) is 31.0 Å². The van der Waals surface area contributed by atoms with E-state index in [2.05, 4.69) is 16.1 Å². The second kappa shape index (κ2) is 7.44. The monoisotopic (exact) mass is 339 g/mol. The summed E-state index contributed by atoms with van der Waals surface area (Å²) in [6.45, 7) is 4.71. The average Bonchev–Trinajstić information content (AvgIpc) is 2.98. The van der Waals surface area contributed by atoms with Gasteiger partial charge in [-0.25, -0.2) is 9.67 Å². The SMILES string of the molecule is CC(C)OCCc1cnc2c(cnn2-c2ccc(CC(=O)O)cc2)c1. The van der Waals surface area contributed by atoms with Gasteiger partial charge in [-0.15, -0.1) is 0 Å². The predicted molar refractivity (Wildman–Crippen MR) is 95.0 cm³/mol. The highest BCUT2D eigenvalue weighted by Gasteiger charge is 2.08. The minimum Gasteiger partial charge on any atom is -0.481 e. The molecule has 0 aliphatic rings. The normalized spacial score (nSPS) is 11.3. The summed E-state index contributed by atoms with van der Waals surface area (Å²) in [4.78, 5) is 15.3. The molecule has 130 valence electrons. The third-order valence-corrected chi connectivity index (χ3v) is 3.84. The van der Waals surface area contributed by atoms with Crippen molar-refractivity contribution in [2.24, 2.45) is 0 Å². The van der Waals surface area contributed by atoms with E-state index in [1.54, 1.807) is 23.0 Å². The molecule has 0 fully saturated rings. The van der Waals surface area contributed by atoms with E-state index >= 15 is 0 Å². The highest BCUT2D eigenvalue weighted by molar-refractivity contribution is 5.77. The topological polar surface area (TPSA) is 77.2 Å². The van der Waals surface area contributed by atoms with Gasteiger partial charge in [0.15, 0.2) is 5.65 Å². The zero-order chi connectivity index (χ0) is 17.8. The molecule has 0 aliphatic carbocycles. The van der Waals surface area contributed by atoms with Gasteiger partial charge in [0.2, 0.25) is 0 Å². The van der Waals surface area contributed by atoms with Crippen molar-refractivity contribution in [3.8, 4) is 5.69 Å². The van der Waals surface area contributed by atoms with Gasteiger partial charge < -0.3 is 9.84 Å².